The van der Waals surface area contributed by atoms with Gasteiger partial charge in [-0.25, -0.2) is 9.59 Å². The fourth-order valence-electron chi connectivity index (χ4n) is 5.06. The lowest BCUT2D eigenvalue weighted by atomic mass is 9.92. The predicted octanol–water partition coefficient (Wildman–Crippen LogP) is 4.79. The third-order valence-electron chi connectivity index (χ3n) is 7.54. The lowest BCUT2D eigenvalue weighted by Crippen LogP contribution is -2.59. The summed E-state index contributed by atoms with van der Waals surface area (Å²) in [5.41, 5.74) is 3.40. The number of aliphatic carboxylic acids is 1. The number of carboxylic acid groups (broad SMARTS) is 1. The average Bonchev–Trinajstić information content (AvgIpc) is 3.31. The molecule has 2 amide bonds. The summed E-state index contributed by atoms with van der Waals surface area (Å²) in [5, 5.41) is 14.8. The number of benzene rings is 3. The van der Waals surface area contributed by atoms with Gasteiger partial charge in [-0.15, -0.1) is 0 Å². The summed E-state index contributed by atoms with van der Waals surface area (Å²) in [5.74, 6) is -2.96. The molecule has 9 heteroatoms. The summed E-state index contributed by atoms with van der Waals surface area (Å²) < 4.78 is 10.9. The van der Waals surface area contributed by atoms with Crippen LogP contribution >= 0.6 is 0 Å². The van der Waals surface area contributed by atoms with E-state index in [0.29, 0.717) is 0 Å². The summed E-state index contributed by atoms with van der Waals surface area (Å²) in [7, 11) is 0. The van der Waals surface area contributed by atoms with Crippen molar-refractivity contribution in [3.05, 3.63) is 95.6 Å². The summed E-state index contributed by atoms with van der Waals surface area (Å²) >= 11 is 0. The van der Waals surface area contributed by atoms with Gasteiger partial charge in [0.1, 0.15) is 24.8 Å². The highest BCUT2D eigenvalue weighted by Crippen LogP contribution is 2.44. The third-order valence-corrected chi connectivity index (χ3v) is 7.54. The molecule has 3 aromatic rings. The minimum atomic E-state index is -1.55. The van der Waals surface area contributed by atoms with Crippen LogP contribution in [-0.4, -0.2) is 47.2 Å². The van der Waals surface area contributed by atoms with Crippen LogP contribution in [0.5, 0.6) is 0 Å². The van der Waals surface area contributed by atoms with Gasteiger partial charge in [0, 0.05) is 5.92 Å². The van der Waals surface area contributed by atoms with E-state index in [1.807, 2.05) is 54.6 Å². The minimum absolute atomic E-state index is 0.00956. The van der Waals surface area contributed by atoms with Gasteiger partial charge < -0.3 is 25.2 Å². The highest BCUT2D eigenvalue weighted by molar-refractivity contribution is 5.93. The van der Waals surface area contributed by atoms with Crippen LogP contribution in [0, 0.1) is 0 Å². The van der Waals surface area contributed by atoms with Gasteiger partial charge in [0.05, 0.1) is 6.42 Å². The summed E-state index contributed by atoms with van der Waals surface area (Å²) in [4.78, 5) is 50.9. The van der Waals surface area contributed by atoms with Crippen LogP contribution in [0.2, 0.25) is 0 Å². The lowest BCUT2D eigenvalue weighted by molar-refractivity contribution is -0.149. The van der Waals surface area contributed by atoms with Crippen molar-refractivity contribution in [1.29, 1.82) is 0 Å². The molecule has 0 unspecified atom stereocenters. The van der Waals surface area contributed by atoms with Crippen LogP contribution in [0.3, 0.4) is 0 Å². The molecule has 0 fully saturated rings. The smallest absolute Gasteiger partial charge is 0.407 e. The molecule has 0 bridgehead atoms. The second kappa shape index (κ2) is 13.1. The van der Waals surface area contributed by atoms with Gasteiger partial charge >= 0.3 is 18.0 Å². The number of esters is 1. The first-order chi connectivity index (χ1) is 19.8. The number of amides is 2. The number of fused-ring (bicyclic) bond motifs is 3. The maximum atomic E-state index is 13.3. The van der Waals surface area contributed by atoms with Crippen LogP contribution in [0.25, 0.3) is 11.1 Å². The van der Waals surface area contributed by atoms with E-state index in [-0.39, 0.29) is 32.0 Å². The molecule has 9 nitrogen and oxygen atoms in total. The predicted molar refractivity (Wildman–Crippen MR) is 152 cm³/mol. The quantitative estimate of drug-likeness (QED) is 0.273. The Labute approximate surface area is 238 Å². The van der Waals surface area contributed by atoms with Crippen molar-refractivity contribution in [2.75, 3.05) is 6.61 Å². The standard InChI is InChI=1S/C32H34N2O7/c1-3-32(4-2,30(37)38)34-29(36)27(18-28(35)40-19-21-12-6-5-7-13-21)33-31(39)41-20-26-24-16-10-8-14-22(24)23-15-9-11-17-25(23)26/h5-17,26-27H,3-4,18-20H2,1-2H3,(H,33,39)(H,34,36)(H,37,38)/t27-/m0/s1. The average molecular weight is 559 g/mol. The van der Waals surface area contributed by atoms with Crippen LogP contribution in [0.15, 0.2) is 78.9 Å². The molecule has 0 radical (unpaired) electrons. The second-order valence-electron chi connectivity index (χ2n) is 9.96. The molecule has 0 saturated heterocycles. The Morgan fingerprint density at radius 1 is 0.829 bits per heavy atom. The van der Waals surface area contributed by atoms with E-state index >= 15 is 0 Å². The fourth-order valence-corrected chi connectivity index (χ4v) is 5.06. The first-order valence-corrected chi connectivity index (χ1v) is 13.6. The molecular weight excluding hydrogens is 524 g/mol. The summed E-state index contributed by atoms with van der Waals surface area (Å²) in [6.07, 6.45) is -1.19. The fraction of sp³-hybridized carbons (Fsp3) is 0.312. The molecule has 0 spiro atoms. The molecule has 4 rings (SSSR count). The van der Waals surface area contributed by atoms with Gasteiger partial charge in [-0.2, -0.15) is 0 Å². The number of hydrogen-bond donors (Lipinski definition) is 3. The lowest BCUT2D eigenvalue weighted by Gasteiger charge is -2.30. The van der Waals surface area contributed by atoms with Crippen molar-refractivity contribution in [2.45, 2.75) is 57.2 Å². The Morgan fingerprint density at radius 2 is 1.39 bits per heavy atom. The third kappa shape index (κ3) is 6.74. The van der Waals surface area contributed by atoms with Crippen molar-refractivity contribution in [3.8, 4) is 11.1 Å². The topological polar surface area (TPSA) is 131 Å². The summed E-state index contributed by atoms with van der Waals surface area (Å²) in [6.45, 7) is 3.28. The second-order valence-corrected chi connectivity index (χ2v) is 9.96. The van der Waals surface area contributed by atoms with E-state index in [9.17, 15) is 24.3 Å². The molecule has 41 heavy (non-hydrogen) atoms. The number of rotatable bonds is 12. The number of carbonyl (C=O) groups is 4. The SMILES string of the molecule is CCC(CC)(NC(=O)[C@H](CC(=O)OCc1ccccc1)NC(=O)OCC1c2ccccc2-c2ccccc21)C(=O)O. The van der Waals surface area contributed by atoms with Crippen LogP contribution < -0.4 is 10.6 Å². The molecular formula is C32H34N2O7. The van der Waals surface area contributed by atoms with Crippen molar-refractivity contribution in [2.24, 2.45) is 0 Å². The largest absolute Gasteiger partial charge is 0.480 e. The zero-order valence-electron chi connectivity index (χ0n) is 23.1. The Bertz CT molecular complexity index is 1360. The first-order valence-electron chi connectivity index (χ1n) is 13.6. The Morgan fingerprint density at radius 3 is 1.95 bits per heavy atom. The van der Waals surface area contributed by atoms with E-state index in [1.165, 1.54) is 0 Å². The van der Waals surface area contributed by atoms with E-state index in [4.69, 9.17) is 9.47 Å². The van der Waals surface area contributed by atoms with Crippen molar-refractivity contribution < 1.29 is 33.8 Å². The molecule has 0 aromatic heterocycles. The van der Waals surface area contributed by atoms with Crippen LogP contribution in [0.1, 0.15) is 55.7 Å². The van der Waals surface area contributed by atoms with Crippen LogP contribution in [0.4, 0.5) is 4.79 Å². The highest BCUT2D eigenvalue weighted by atomic mass is 16.5. The number of hydrogen-bond acceptors (Lipinski definition) is 6. The molecule has 1 atom stereocenters. The van der Waals surface area contributed by atoms with Gasteiger partial charge in [0.15, 0.2) is 0 Å². The zero-order valence-corrected chi connectivity index (χ0v) is 23.1. The van der Waals surface area contributed by atoms with E-state index in [1.54, 1.807) is 38.1 Å². The number of alkyl carbamates (subject to hydrolysis) is 1. The molecule has 1 aliphatic rings. The van der Waals surface area contributed by atoms with Crippen molar-refractivity contribution in [1.82, 2.24) is 10.6 Å². The molecule has 3 aromatic carbocycles. The Hall–Kier alpha value is -4.66. The molecule has 1 aliphatic carbocycles. The molecule has 0 saturated carbocycles. The number of nitrogens with one attached hydrogen (secondary N) is 2. The van der Waals surface area contributed by atoms with Crippen LogP contribution in [-0.2, 0) is 30.5 Å². The number of carbonyl (C=O) groups excluding carboxylic acids is 3. The van der Waals surface area contributed by atoms with Gasteiger partial charge in [-0.3, -0.25) is 9.59 Å². The maximum absolute atomic E-state index is 13.3. The normalized spacial score (nSPS) is 12.9. The highest BCUT2D eigenvalue weighted by Gasteiger charge is 2.39. The molecule has 0 aliphatic heterocycles. The van der Waals surface area contributed by atoms with Gasteiger partial charge in [-0.1, -0.05) is 92.7 Å². The monoisotopic (exact) mass is 558 g/mol. The Balaban J connectivity index is 1.46. The van der Waals surface area contributed by atoms with Gasteiger partial charge in [0.25, 0.3) is 0 Å². The van der Waals surface area contributed by atoms with E-state index < -0.39 is 41.9 Å². The minimum Gasteiger partial charge on any atom is -0.480 e. The summed E-state index contributed by atoms with van der Waals surface area (Å²) in [6, 6.07) is 23.4. The maximum Gasteiger partial charge on any atom is 0.407 e. The Kier molecular flexibility index (Phi) is 9.39. The van der Waals surface area contributed by atoms with Crippen molar-refractivity contribution in [3.63, 3.8) is 0 Å². The van der Waals surface area contributed by atoms with E-state index in [0.717, 1.165) is 27.8 Å². The van der Waals surface area contributed by atoms with E-state index in [2.05, 4.69) is 10.6 Å². The molecule has 3 N–H and O–H groups in total. The first kappa shape index (κ1) is 29.3. The number of carboxylic acids is 1. The molecule has 214 valence electrons. The van der Waals surface area contributed by atoms with Crippen molar-refractivity contribution >= 4 is 23.9 Å². The van der Waals surface area contributed by atoms with Gasteiger partial charge in [0.2, 0.25) is 5.91 Å². The number of ether oxygens (including phenoxy) is 2. The molecule has 0 heterocycles. The zero-order chi connectivity index (χ0) is 29.4. The van der Waals surface area contributed by atoms with Gasteiger partial charge in [-0.05, 0) is 40.7 Å².